The average molecular weight is 438 g/mol. The van der Waals surface area contributed by atoms with Gasteiger partial charge in [0, 0.05) is 15.9 Å². The van der Waals surface area contributed by atoms with Gasteiger partial charge in [0.15, 0.2) is 33.6 Å². The van der Waals surface area contributed by atoms with E-state index in [1.807, 2.05) is 12.1 Å². The molecule has 0 spiro atoms. The molecule has 0 aliphatic carbocycles. The van der Waals surface area contributed by atoms with Crippen LogP contribution >= 0.6 is 27.7 Å². The number of halogens is 1. The van der Waals surface area contributed by atoms with E-state index in [0.29, 0.717) is 27.8 Å². The molecule has 0 saturated carbocycles. The molecule has 26 heavy (non-hydrogen) atoms. The number of rotatable bonds is 5. The van der Waals surface area contributed by atoms with Crippen LogP contribution in [0.1, 0.15) is 6.42 Å². The number of carboxylic acid groups (broad SMARTS) is 1. The summed E-state index contributed by atoms with van der Waals surface area (Å²) in [5, 5.41) is 9.60. The number of nitrogens with zero attached hydrogens (tertiary/aromatic N) is 4. The molecule has 3 N–H and O–H groups in total. The molecule has 1 aliphatic rings. The SMILES string of the molecule is Nc1ncnc2c1nc(Sc1cc3c(cc1Br)OCO3)n2CCC(=O)O. The van der Waals surface area contributed by atoms with Crippen molar-refractivity contribution < 1.29 is 19.4 Å². The molecule has 0 unspecified atom stereocenters. The van der Waals surface area contributed by atoms with Crippen molar-refractivity contribution in [3.05, 3.63) is 22.9 Å². The van der Waals surface area contributed by atoms with Gasteiger partial charge < -0.3 is 24.9 Å². The van der Waals surface area contributed by atoms with Crippen LogP contribution in [0.3, 0.4) is 0 Å². The minimum atomic E-state index is -0.908. The average Bonchev–Trinajstić information content (AvgIpc) is 3.18. The van der Waals surface area contributed by atoms with E-state index in [2.05, 4.69) is 30.9 Å². The van der Waals surface area contributed by atoms with Crippen molar-refractivity contribution >= 4 is 50.6 Å². The van der Waals surface area contributed by atoms with E-state index < -0.39 is 5.97 Å². The van der Waals surface area contributed by atoms with Crippen molar-refractivity contribution in [2.75, 3.05) is 12.5 Å². The highest BCUT2D eigenvalue weighted by Crippen LogP contribution is 2.43. The van der Waals surface area contributed by atoms with E-state index in [1.54, 1.807) is 4.57 Å². The number of imidazole rings is 1. The summed E-state index contributed by atoms with van der Waals surface area (Å²) >= 11 is 4.86. The smallest absolute Gasteiger partial charge is 0.305 e. The standard InChI is InChI=1S/C15H12BrN5O4S/c16-7-3-8-9(25-6-24-8)4-10(7)26-15-20-12-13(17)18-5-19-14(12)21(15)2-1-11(22)23/h3-5H,1-2,6H2,(H,22,23)(H2,17,18,19). The molecule has 0 amide bonds. The van der Waals surface area contributed by atoms with Gasteiger partial charge in [-0.15, -0.1) is 0 Å². The Balaban J connectivity index is 1.77. The molecular weight excluding hydrogens is 426 g/mol. The number of anilines is 1. The van der Waals surface area contributed by atoms with Crippen LogP contribution in [0.4, 0.5) is 5.82 Å². The Morgan fingerprint density at radius 1 is 1.35 bits per heavy atom. The Hall–Kier alpha value is -2.53. The summed E-state index contributed by atoms with van der Waals surface area (Å²) in [6.45, 7) is 0.395. The maximum atomic E-state index is 11.0. The minimum Gasteiger partial charge on any atom is -0.481 e. The lowest BCUT2D eigenvalue weighted by Crippen LogP contribution is -2.06. The molecule has 0 bridgehead atoms. The van der Waals surface area contributed by atoms with Crippen LogP contribution in [0.15, 0.2) is 33.0 Å². The molecular formula is C15H12BrN5O4S. The molecule has 0 fully saturated rings. The second kappa shape index (κ2) is 6.65. The minimum absolute atomic E-state index is 0.0642. The Morgan fingerprint density at radius 2 is 2.12 bits per heavy atom. The second-order valence-corrected chi connectivity index (χ2v) is 7.22. The summed E-state index contributed by atoms with van der Waals surface area (Å²) in [7, 11) is 0. The lowest BCUT2D eigenvalue weighted by molar-refractivity contribution is -0.137. The molecule has 11 heteroatoms. The van der Waals surface area contributed by atoms with E-state index in [4.69, 9.17) is 20.3 Å². The number of hydrogen-bond donors (Lipinski definition) is 2. The first-order valence-corrected chi connectivity index (χ1v) is 9.09. The van der Waals surface area contributed by atoms with E-state index in [1.165, 1.54) is 18.1 Å². The maximum Gasteiger partial charge on any atom is 0.305 e. The third-order valence-corrected chi connectivity index (χ3v) is 5.67. The zero-order valence-corrected chi connectivity index (χ0v) is 15.6. The van der Waals surface area contributed by atoms with E-state index in [-0.39, 0.29) is 25.6 Å². The first-order chi connectivity index (χ1) is 12.5. The fourth-order valence-corrected chi connectivity index (χ4v) is 4.01. The zero-order chi connectivity index (χ0) is 18.3. The van der Waals surface area contributed by atoms with E-state index in [9.17, 15) is 4.79 Å². The summed E-state index contributed by atoms with van der Waals surface area (Å²) in [6, 6.07) is 3.66. The lowest BCUT2D eigenvalue weighted by atomic mass is 10.3. The number of fused-ring (bicyclic) bond motifs is 2. The highest BCUT2D eigenvalue weighted by molar-refractivity contribution is 9.10. The van der Waals surface area contributed by atoms with Gasteiger partial charge in [-0.3, -0.25) is 4.79 Å². The van der Waals surface area contributed by atoms with Crippen LogP contribution in [0, 0.1) is 0 Å². The largest absolute Gasteiger partial charge is 0.481 e. The molecule has 4 rings (SSSR count). The van der Waals surface area contributed by atoms with Gasteiger partial charge in [-0.25, -0.2) is 15.0 Å². The van der Waals surface area contributed by atoms with Crippen molar-refractivity contribution in [2.24, 2.45) is 0 Å². The molecule has 134 valence electrons. The third kappa shape index (κ3) is 3.03. The number of hydrogen-bond acceptors (Lipinski definition) is 8. The number of carboxylic acids is 1. The van der Waals surface area contributed by atoms with Crippen LogP contribution in [-0.2, 0) is 11.3 Å². The number of ether oxygens (including phenoxy) is 2. The molecule has 1 aliphatic heterocycles. The number of aryl methyl sites for hydroxylation is 1. The Morgan fingerprint density at radius 3 is 2.88 bits per heavy atom. The van der Waals surface area contributed by atoms with Crippen molar-refractivity contribution in [1.82, 2.24) is 19.5 Å². The molecule has 0 saturated heterocycles. The summed E-state index contributed by atoms with van der Waals surface area (Å²) < 4.78 is 13.3. The molecule has 9 nitrogen and oxygen atoms in total. The number of benzene rings is 1. The van der Waals surface area contributed by atoms with Gasteiger partial charge in [-0.05, 0) is 28.1 Å². The summed E-state index contributed by atoms with van der Waals surface area (Å²) in [6.07, 6.45) is 1.27. The Bertz CT molecular complexity index is 1020. The number of aliphatic carboxylic acids is 1. The topological polar surface area (TPSA) is 125 Å². The predicted molar refractivity (Wildman–Crippen MR) is 96.4 cm³/mol. The van der Waals surface area contributed by atoms with E-state index in [0.717, 1.165) is 9.37 Å². The summed E-state index contributed by atoms with van der Waals surface area (Å²) in [4.78, 5) is 24.5. The van der Waals surface area contributed by atoms with Crippen LogP contribution in [0.25, 0.3) is 11.2 Å². The third-order valence-electron chi connectivity index (χ3n) is 3.70. The summed E-state index contributed by atoms with van der Waals surface area (Å²) in [5.74, 6) is 0.642. The molecule has 2 aromatic heterocycles. The van der Waals surface area contributed by atoms with Crippen molar-refractivity contribution in [2.45, 2.75) is 23.0 Å². The Labute approximate surface area is 159 Å². The van der Waals surface area contributed by atoms with E-state index >= 15 is 0 Å². The van der Waals surface area contributed by atoms with Crippen LogP contribution in [0.2, 0.25) is 0 Å². The number of carbonyl (C=O) groups is 1. The zero-order valence-electron chi connectivity index (χ0n) is 13.2. The van der Waals surface area contributed by atoms with Gasteiger partial charge >= 0.3 is 5.97 Å². The molecule has 1 aromatic carbocycles. The van der Waals surface area contributed by atoms with Crippen molar-refractivity contribution in [1.29, 1.82) is 0 Å². The van der Waals surface area contributed by atoms with Crippen LogP contribution in [-0.4, -0.2) is 37.4 Å². The maximum absolute atomic E-state index is 11.0. The van der Waals surface area contributed by atoms with Crippen LogP contribution < -0.4 is 15.2 Å². The second-order valence-electron chi connectivity index (χ2n) is 5.36. The van der Waals surface area contributed by atoms with Gasteiger partial charge in [0.1, 0.15) is 6.33 Å². The van der Waals surface area contributed by atoms with Gasteiger partial charge in [0.25, 0.3) is 0 Å². The predicted octanol–water partition coefficient (Wildman–Crippen LogP) is 2.53. The summed E-state index contributed by atoms with van der Waals surface area (Å²) in [5.41, 5.74) is 6.83. The number of nitrogen functional groups attached to an aromatic ring is 1. The molecule has 0 atom stereocenters. The number of nitrogens with two attached hydrogens (primary N) is 1. The first-order valence-electron chi connectivity index (χ1n) is 7.48. The highest BCUT2D eigenvalue weighted by atomic mass is 79.9. The molecule has 3 heterocycles. The fraction of sp³-hybridized carbons (Fsp3) is 0.200. The fourth-order valence-electron chi connectivity index (χ4n) is 2.50. The normalized spacial score (nSPS) is 12.7. The molecule has 3 aromatic rings. The lowest BCUT2D eigenvalue weighted by Gasteiger charge is -2.08. The monoisotopic (exact) mass is 437 g/mol. The van der Waals surface area contributed by atoms with Crippen molar-refractivity contribution in [3.8, 4) is 11.5 Å². The highest BCUT2D eigenvalue weighted by Gasteiger charge is 2.21. The quantitative estimate of drug-likeness (QED) is 0.618. The van der Waals surface area contributed by atoms with Crippen LogP contribution in [0.5, 0.6) is 11.5 Å². The van der Waals surface area contributed by atoms with Crippen molar-refractivity contribution in [3.63, 3.8) is 0 Å². The van der Waals surface area contributed by atoms with Gasteiger partial charge in [-0.1, -0.05) is 11.8 Å². The number of aromatic nitrogens is 4. The van der Waals surface area contributed by atoms with Gasteiger partial charge in [0.2, 0.25) is 6.79 Å². The Kier molecular flexibility index (Phi) is 4.32. The first kappa shape index (κ1) is 16.9. The molecule has 0 radical (unpaired) electrons. The van der Waals surface area contributed by atoms with Gasteiger partial charge in [0.05, 0.1) is 6.42 Å². The van der Waals surface area contributed by atoms with Gasteiger partial charge in [-0.2, -0.15) is 0 Å².